The molecule has 0 N–H and O–H groups in total. The van der Waals surface area contributed by atoms with Crippen LogP contribution in [0.3, 0.4) is 0 Å². The summed E-state index contributed by atoms with van der Waals surface area (Å²) in [7, 11) is 1.45. The summed E-state index contributed by atoms with van der Waals surface area (Å²) in [5.74, 6) is 5.50. The number of pyridine rings is 1. The van der Waals surface area contributed by atoms with Gasteiger partial charge in [-0.05, 0) is 42.3 Å². The fourth-order valence-corrected chi connectivity index (χ4v) is 2.21. The van der Waals surface area contributed by atoms with Gasteiger partial charge in [0.2, 0.25) is 0 Å². The number of rotatable bonds is 4. The Labute approximate surface area is 154 Å². The molecule has 0 aliphatic rings. The molecule has 7 heteroatoms. The van der Waals surface area contributed by atoms with Gasteiger partial charge in [-0.1, -0.05) is 12.0 Å². The number of hydrogen-bond acceptors (Lipinski definition) is 5. The van der Waals surface area contributed by atoms with Gasteiger partial charge >= 0.3 is 0 Å². The highest BCUT2D eigenvalue weighted by Gasteiger charge is 2.14. The molecule has 0 spiro atoms. The lowest BCUT2D eigenvalue weighted by Gasteiger charge is -2.11. The number of nitrogens with zero attached hydrogens (tertiary/aromatic N) is 2. The molecule has 0 fully saturated rings. The second-order valence-corrected chi connectivity index (χ2v) is 5.30. The van der Waals surface area contributed by atoms with Gasteiger partial charge in [-0.15, -0.1) is 0 Å². The molecule has 0 aliphatic heterocycles. The van der Waals surface area contributed by atoms with Crippen molar-refractivity contribution in [1.29, 1.82) is 0 Å². The first-order valence-electron chi connectivity index (χ1n) is 7.79. The fourth-order valence-electron chi connectivity index (χ4n) is 2.21. The second-order valence-electron chi connectivity index (χ2n) is 5.30. The Morgan fingerprint density at radius 3 is 2.52 bits per heavy atom. The smallest absolute Gasteiger partial charge is 0.272 e. The zero-order valence-electron chi connectivity index (χ0n) is 14.2. The normalized spacial score (nSPS) is 9.85. The summed E-state index contributed by atoms with van der Waals surface area (Å²) < 4.78 is 24.8. The van der Waals surface area contributed by atoms with Crippen LogP contribution in [0.25, 0.3) is 0 Å². The molecule has 0 bridgehead atoms. The molecule has 1 aromatic heterocycles. The van der Waals surface area contributed by atoms with Crippen LogP contribution >= 0.6 is 0 Å². The van der Waals surface area contributed by atoms with Gasteiger partial charge in [0, 0.05) is 17.8 Å². The molecule has 0 amide bonds. The number of methoxy groups -OCH3 is 1. The Bertz CT molecular complexity index is 1040. The molecule has 0 radical (unpaired) electrons. The van der Waals surface area contributed by atoms with Gasteiger partial charge in [-0.2, -0.15) is 0 Å². The molecule has 134 valence electrons. The fraction of sp³-hybridized carbons (Fsp3) is 0.0500. The minimum atomic E-state index is -0.842. The maximum absolute atomic E-state index is 14.0. The zero-order chi connectivity index (χ0) is 19.2. The second kappa shape index (κ2) is 7.97. The zero-order valence-corrected chi connectivity index (χ0v) is 14.2. The van der Waals surface area contributed by atoms with Crippen molar-refractivity contribution < 1.29 is 18.8 Å². The van der Waals surface area contributed by atoms with Gasteiger partial charge in [0.25, 0.3) is 5.69 Å². The van der Waals surface area contributed by atoms with Crippen molar-refractivity contribution in [1.82, 2.24) is 4.98 Å². The quantitative estimate of drug-likeness (QED) is 0.391. The van der Waals surface area contributed by atoms with Crippen molar-refractivity contribution in [2.75, 3.05) is 7.11 Å². The van der Waals surface area contributed by atoms with E-state index in [2.05, 4.69) is 16.8 Å². The monoisotopic (exact) mass is 364 g/mol. The van der Waals surface area contributed by atoms with Crippen LogP contribution in [-0.4, -0.2) is 17.0 Å². The molecule has 3 rings (SSSR count). The maximum atomic E-state index is 14.0. The summed E-state index contributed by atoms with van der Waals surface area (Å²) in [6.45, 7) is 0. The molecule has 1 heterocycles. The Balaban J connectivity index is 1.85. The van der Waals surface area contributed by atoms with E-state index in [0.29, 0.717) is 17.0 Å². The number of ether oxygens (including phenoxy) is 2. The predicted molar refractivity (Wildman–Crippen MR) is 96.3 cm³/mol. The van der Waals surface area contributed by atoms with Crippen LogP contribution in [0, 0.1) is 27.8 Å². The molecular formula is C20H13FN2O4. The van der Waals surface area contributed by atoms with Crippen LogP contribution in [0.15, 0.2) is 60.8 Å². The highest BCUT2D eigenvalue weighted by Crippen LogP contribution is 2.34. The maximum Gasteiger partial charge on any atom is 0.272 e. The molecule has 2 aromatic carbocycles. The van der Waals surface area contributed by atoms with Crippen molar-refractivity contribution in [3.05, 3.63) is 88.0 Å². The third kappa shape index (κ3) is 4.38. The summed E-state index contributed by atoms with van der Waals surface area (Å²) in [4.78, 5) is 14.1. The average Bonchev–Trinajstić information content (AvgIpc) is 2.69. The predicted octanol–water partition coefficient (Wildman–Crippen LogP) is 4.33. The van der Waals surface area contributed by atoms with E-state index in [0.717, 1.165) is 12.1 Å². The van der Waals surface area contributed by atoms with Crippen molar-refractivity contribution in [2.24, 2.45) is 0 Å². The van der Waals surface area contributed by atoms with Crippen molar-refractivity contribution >= 4 is 5.69 Å². The number of non-ortho nitro benzene ring substituents is 1. The van der Waals surface area contributed by atoms with Gasteiger partial charge in [0.1, 0.15) is 5.69 Å². The third-order valence-electron chi connectivity index (χ3n) is 3.51. The van der Waals surface area contributed by atoms with Crippen molar-refractivity contribution in [3.8, 4) is 29.1 Å². The van der Waals surface area contributed by atoms with Gasteiger partial charge in [-0.25, -0.2) is 9.37 Å². The Kier molecular flexibility index (Phi) is 5.28. The summed E-state index contributed by atoms with van der Waals surface area (Å²) in [6.07, 6.45) is 1.65. The lowest BCUT2D eigenvalue weighted by molar-refractivity contribution is -0.385. The van der Waals surface area contributed by atoms with E-state index in [-0.39, 0.29) is 17.2 Å². The van der Waals surface area contributed by atoms with Crippen molar-refractivity contribution in [3.63, 3.8) is 0 Å². The minimum Gasteiger partial charge on any atom is -0.493 e. The van der Waals surface area contributed by atoms with Gasteiger partial charge in [0.15, 0.2) is 23.1 Å². The van der Waals surface area contributed by atoms with Crippen LogP contribution in [-0.2, 0) is 0 Å². The number of nitro groups is 1. The first-order chi connectivity index (χ1) is 13.1. The molecular weight excluding hydrogens is 351 g/mol. The summed E-state index contributed by atoms with van der Waals surface area (Å²) in [5.41, 5.74) is 0.936. The van der Waals surface area contributed by atoms with E-state index < -0.39 is 10.7 Å². The number of aromatic nitrogens is 1. The molecule has 0 saturated carbocycles. The van der Waals surface area contributed by atoms with Crippen LogP contribution in [0.4, 0.5) is 10.1 Å². The van der Waals surface area contributed by atoms with E-state index in [1.54, 1.807) is 36.5 Å². The highest BCUT2D eigenvalue weighted by molar-refractivity contribution is 5.51. The van der Waals surface area contributed by atoms with Crippen LogP contribution < -0.4 is 9.47 Å². The summed E-state index contributed by atoms with van der Waals surface area (Å²) in [6, 6.07) is 13.5. The first-order valence-corrected chi connectivity index (χ1v) is 7.79. The van der Waals surface area contributed by atoms with E-state index in [1.807, 2.05) is 6.07 Å². The van der Waals surface area contributed by atoms with Gasteiger partial charge in [0.05, 0.1) is 18.1 Å². The number of nitro benzene ring substituents is 1. The van der Waals surface area contributed by atoms with Crippen LogP contribution in [0.2, 0.25) is 0 Å². The Hall–Kier alpha value is -3.92. The molecule has 3 aromatic rings. The van der Waals surface area contributed by atoms with Crippen molar-refractivity contribution in [2.45, 2.75) is 0 Å². The largest absolute Gasteiger partial charge is 0.493 e. The lowest BCUT2D eigenvalue weighted by atomic mass is 10.2. The molecule has 0 saturated heterocycles. The molecule has 0 atom stereocenters. The third-order valence-corrected chi connectivity index (χ3v) is 3.51. The van der Waals surface area contributed by atoms with Gasteiger partial charge in [-0.3, -0.25) is 10.1 Å². The Morgan fingerprint density at radius 2 is 1.85 bits per heavy atom. The standard InChI is InChI=1S/C20H13FN2O4/c1-26-20-12-14(5-7-15-4-2-3-11-22-15)6-9-19(20)27-18-10-8-16(23(24)25)13-17(18)21/h2-4,6,8-13H,1H3. The average molecular weight is 364 g/mol. The lowest BCUT2D eigenvalue weighted by Crippen LogP contribution is -1.95. The van der Waals surface area contributed by atoms with E-state index in [1.165, 1.54) is 13.2 Å². The summed E-state index contributed by atoms with van der Waals surface area (Å²) >= 11 is 0. The molecule has 27 heavy (non-hydrogen) atoms. The number of halogens is 1. The van der Waals surface area contributed by atoms with E-state index in [9.17, 15) is 14.5 Å². The topological polar surface area (TPSA) is 74.5 Å². The van der Waals surface area contributed by atoms with Crippen LogP contribution in [0.5, 0.6) is 17.2 Å². The number of hydrogen-bond donors (Lipinski definition) is 0. The molecule has 0 unspecified atom stereocenters. The van der Waals surface area contributed by atoms with E-state index >= 15 is 0 Å². The van der Waals surface area contributed by atoms with Crippen LogP contribution in [0.1, 0.15) is 11.3 Å². The minimum absolute atomic E-state index is 0.147. The summed E-state index contributed by atoms with van der Waals surface area (Å²) in [5, 5.41) is 10.7. The number of benzene rings is 2. The highest BCUT2D eigenvalue weighted by atomic mass is 19.1. The molecule has 6 nitrogen and oxygen atoms in total. The molecule has 0 aliphatic carbocycles. The SMILES string of the molecule is COc1cc(C#Cc2ccccn2)ccc1Oc1ccc([N+](=O)[O-])cc1F. The Morgan fingerprint density at radius 1 is 1.04 bits per heavy atom. The van der Waals surface area contributed by atoms with E-state index in [4.69, 9.17) is 9.47 Å². The van der Waals surface area contributed by atoms with Gasteiger partial charge < -0.3 is 9.47 Å². The first kappa shape index (κ1) is 17.9.